The predicted octanol–water partition coefficient (Wildman–Crippen LogP) is 2.30. The topological polar surface area (TPSA) is 86.7 Å². The molecule has 0 aromatic heterocycles. The van der Waals surface area contributed by atoms with Gasteiger partial charge >= 0.3 is 5.97 Å². The third-order valence-corrected chi connectivity index (χ3v) is 3.97. The molecule has 2 N–H and O–H groups in total. The minimum absolute atomic E-state index is 0.170. The molecule has 24 heavy (non-hydrogen) atoms. The first kappa shape index (κ1) is 17.5. The highest BCUT2D eigenvalue weighted by molar-refractivity contribution is 6.10. The number of carboxylic acid groups (broad SMARTS) is 1. The molecule has 0 unspecified atom stereocenters. The maximum Gasteiger partial charge on any atom is 0.319 e. The van der Waals surface area contributed by atoms with Crippen LogP contribution >= 0.6 is 0 Å². The highest BCUT2D eigenvalue weighted by Crippen LogP contribution is 2.46. The van der Waals surface area contributed by atoms with Crippen molar-refractivity contribution in [1.29, 1.82) is 0 Å². The van der Waals surface area contributed by atoms with Gasteiger partial charge in [-0.1, -0.05) is 12.2 Å². The van der Waals surface area contributed by atoms with Crippen LogP contribution in [0, 0.1) is 5.41 Å². The molecule has 1 saturated carbocycles. The van der Waals surface area contributed by atoms with Gasteiger partial charge < -0.3 is 15.3 Å². The number of anilines is 1. The molecule has 2 rings (SSSR count). The van der Waals surface area contributed by atoms with Crippen molar-refractivity contribution in [3.63, 3.8) is 0 Å². The molecular weight excluding hydrogens is 308 g/mol. The molecule has 0 saturated heterocycles. The summed E-state index contributed by atoms with van der Waals surface area (Å²) in [6, 6.07) is 6.36. The van der Waals surface area contributed by atoms with Crippen molar-refractivity contribution >= 4 is 23.5 Å². The first-order valence-electron chi connectivity index (χ1n) is 7.60. The Hall–Kier alpha value is -2.89. The second-order valence-electron chi connectivity index (χ2n) is 5.71. The second kappa shape index (κ2) is 7.12. The third-order valence-electron chi connectivity index (χ3n) is 3.97. The summed E-state index contributed by atoms with van der Waals surface area (Å²) in [4.78, 5) is 37.1. The van der Waals surface area contributed by atoms with E-state index < -0.39 is 17.3 Å². The minimum atomic E-state index is -1.29. The number of amides is 2. The lowest BCUT2D eigenvalue weighted by molar-refractivity contribution is -0.147. The van der Waals surface area contributed by atoms with Gasteiger partial charge in [0.2, 0.25) is 5.91 Å². The van der Waals surface area contributed by atoms with Crippen LogP contribution in [-0.4, -0.2) is 40.9 Å². The zero-order chi connectivity index (χ0) is 17.7. The molecule has 126 valence electrons. The summed E-state index contributed by atoms with van der Waals surface area (Å²) in [5, 5.41) is 11.7. The predicted molar refractivity (Wildman–Crippen MR) is 90.7 cm³/mol. The fourth-order valence-corrected chi connectivity index (χ4v) is 2.34. The maximum atomic E-state index is 12.4. The SMILES string of the molecule is C=CCN(CC=C)C(=O)c1ccc(NC(=O)C2(C(=O)O)CC2)cc1. The van der Waals surface area contributed by atoms with Crippen LogP contribution in [0.1, 0.15) is 23.2 Å². The van der Waals surface area contributed by atoms with Crippen LogP contribution in [0.5, 0.6) is 0 Å². The van der Waals surface area contributed by atoms with E-state index in [0.29, 0.717) is 37.2 Å². The van der Waals surface area contributed by atoms with Crippen molar-refractivity contribution in [3.05, 3.63) is 55.1 Å². The average molecular weight is 328 g/mol. The van der Waals surface area contributed by atoms with E-state index >= 15 is 0 Å². The molecule has 1 aromatic carbocycles. The summed E-state index contributed by atoms with van der Waals surface area (Å²) in [5.74, 6) is -1.79. The van der Waals surface area contributed by atoms with Crippen molar-refractivity contribution in [1.82, 2.24) is 4.90 Å². The first-order chi connectivity index (χ1) is 11.4. The number of aliphatic carboxylic acids is 1. The van der Waals surface area contributed by atoms with Gasteiger partial charge in [0.05, 0.1) is 0 Å². The van der Waals surface area contributed by atoms with Crippen molar-refractivity contribution in [3.8, 4) is 0 Å². The molecular formula is C18H20N2O4. The van der Waals surface area contributed by atoms with Crippen molar-refractivity contribution in [2.24, 2.45) is 5.41 Å². The number of nitrogens with zero attached hydrogens (tertiary/aromatic N) is 1. The minimum Gasteiger partial charge on any atom is -0.480 e. The summed E-state index contributed by atoms with van der Waals surface area (Å²) < 4.78 is 0. The summed E-state index contributed by atoms with van der Waals surface area (Å²) in [6.07, 6.45) is 3.97. The largest absolute Gasteiger partial charge is 0.480 e. The van der Waals surface area contributed by atoms with Gasteiger partial charge in [-0.05, 0) is 37.1 Å². The Bertz CT molecular complexity index is 665. The van der Waals surface area contributed by atoms with Crippen LogP contribution in [0.4, 0.5) is 5.69 Å². The number of hydrogen-bond acceptors (Lipinski definition) is 3. The van der Waals surface area contributed by atoms with E-state index in [4.69, 9.17) is 5.11 Å². The summed E-state index contributed by atoms with van der Waals surface area (Å²) in [5.41, 5.74) is -0.363. The van der Waals surface area contributed by atoms with Gasteiger partial charge in [0.25, 0.3) is 5.91 Å². The van der Waals surface area contributed by atoms with E-state index in [-0.39, 0.29) is 5.91 Å². The molecule has 0 bridgehead atoms. The fraction of sp³-hybridized carbons (Fsp3) is 0.278. The standard InChI is InChI=1S/C18H20N2O4/c1-3-11-20(12-4-2)15(21)13-5-7-14(8-6-13)19-16(22)18(9-10-18)17(23)24/h3-8H,1-2,9-12H2,(H,19,22)(H,23,24). The van der Waals surface area contributed by atoms with Gasteiger partial charge in [0.15, 0.2) is 0 Å². The van der Waals surface area contributed by atoms with E-state index in [1.165, 1.54) is 0 Å². The molecule has 0 heterocycles. The number of carbonyl (C=O) groups is 3. The van der Waals surface area contributed by atoms with Crippen LogP contribution in [-0.2, 0) is 9.59 Å². The molecule has 0 spiro atoms. The number of rotatable bonds is 8. The molecule has 1 fully saturated rings. The Morgan fingerprint density at radius 2 is 1.67 bits per heavy atom. The lowest BCUT2D eigenvalue weighted by atomic mass is 10.1. The molecule has 6 heteroatoms. The lowest BCUT2D eigenvalue weighted by Crippen LogP contribution is -2.32. The van der Waals surface area contributed by atoms with E-state index in [1.807, 2.05) is 0 Å². The summed E-state index contributed by atoms with van der Waals surface area (Å²) in [7, 11) is 0. The van der Waals surface area contributed by atoms with E-state index in [0.717, 1.165) is 0 Å². The van der Waals surface area contributed by atoms with Crippen LogP contribution in [0.15, 0.2) is 49.6 Å². The van der Waals surface area contributed by atoms with Gasteiger partial charge in [-0.25, -0.2) is 0 Å². The normalized spacial score (nSPS) is 14.3. The lowest BCUT2D eigenvalue weighted by Gasteiger charge is -2.19. The molecule has 0 radical (unpaired) electrons. The van der Waals surface area contributed by atoms with E-state index in [1.54, 1.807) is 41.3 Å². The second-order valence-corrected chi connectivity index (χ2v) is 5.71. The Kier molecular flexibility index (Phi) is 5.18. The average Bonchev–Trinajstić information content (AvgIpc) is 3.37. The molecule has 2 amide bonds. The van der Waals surface area contributed by atoms with Crippen LogP contribution in [0.2, 0.25) is 0 Å². The van der Waals surface area contributed by atoms with E-state index in [9.17, 15) is 14.4 Å². The highest BCUT2D eigenvalue weighted by Gasteiger charge is 2.57. The number of carbonyl (C=O) groups excluding carboxylic acids is 2. The third kappa shape index (κ3) is 3.53. The zero-order valence-electron chi connectivity index (χ0n) is 13.3. The smallest absolute Gasteiger partial charge is 0.319 e. The van der Waals surface area contributed by atoms with Crippen molar-refractivity contribution < 1.29 is 19.5 Å². The molecule has 1 aliphatic carbocycles. The van der Waals surface area contributed by atoms with Gasteiger partial charge in [-0.15, -0.1) is 13.2 Å². The monoisotopic (exact) mass is 328 g/mol. The Labute approximate surface area is 140 Å². The quantitative estimate of drug-likeness (QED) is 0.566. The Morgan fingerprint density at radius 1 is 1.12 bits per heavy atom. The van der Waals surface area contributed by atoms with Crippen molar-refractivity contribution in [2.45, 2.75) is 12.8 Å². The zero-order valence-corrected chi connectivity index (χ0v) is 13.3. The van der Waals surface area contributed by atoms with Crippen LogP contribution < -0.4 is 5.32 Å². The van der Waals surface area contributed by atoms with Gasteiger partial charge in [0, 0.05) is 24.3 Å². The number of hydrogen-bond donors (Lipinski definition) is 2. The van der Waals surface area contributed by atoms with Crippen LogP contribution in [0.3, 0.4) is 0 Å². The Balaban J connectivity index is 2.06. The highest BCUT2D eigenvalue weighted by atomic mass is 16.4. The molecule has 0 aliphatic heterocycles. The molecule has 1 aliphatic rings. The number of benzene rings is 1. The Morgan fingerprint density at radius 3 is 2.08 bits per heavy atom. The summed E-state index contributed by atoms with van der Waals surface area (Å²) in [6.45, 7) is 8.06. The number of carboxylic acids is 1. The van der Waals surface area contributed by atoms with Gasteiger partial charge in [0.1, 0.15) is 5.41 Å². The molecule has 1 aromatic rings. The maximum absolute atomic E-state index is 12.4. The van der Waals surface area contributed by atoms with Crippen LogP contribution in [0.25, 0.3) is 0 Å². The molecule has 0 atom stereocenters. The number of nitrogens with one attached hydrogen (secondary N) is 1. The first-order valence-corrected chi connectivity index (χ1v) is 7.60. The van der Waals surface area contributed by atoms with Gasteiger partial charge in [-0.2, -0.15) is 0 Å². The van der Waals surface area contributed by atoms with E-state index in [2.05, 4.69) is 18.5 Å². The fourth-order valence-electron chi connectivity index (χ4n) is 2.34. The summed E-state index contributed by atoms with van der Waals surface area (Å²) >= 11 is 0. The molecule has 6 nitrogen and oxygen atoms in total. The van der Waals surface area contributed by atoms with Crippen molar-refractivity contribution in [2.75, 3.05) is 18.4 Å². The van der Waals surface area contributed by atoms with Gasteiger partial charge in [-0.3, -0.25) is 14.4 Å².